The molecule has 0 aliphatic rings. The molecule has 19 heavy (non-hydrogen) atoms. The highest BCUT2D eigenvalue weighted by molar-refractivity contribution is 9.11. The van der Waals surface area contributed by atoms with E-state index in [2.05, 4.69) is 42.2 Å². The van der Waals surface area contributed by atoms with E-state index in [1.807, 2.05) is 19.1 Å². The number of amides is 1. The van der Waals surface area contributed by atoms with Crippen molar-refractivity contribution >= 4 is 37.8 Å². The molecule has 0 spiro atoms. The Morgan fingerprint density at radius 2 is 2.21 bits per heavy atom. The fourth-order valence-corrected chi connectivity index (χ4v) is 2.75. The summed E-state index contributed by atoms with van der Waals surface area (Å²) >= 11 is 6.70. The van der Waals surface area contributed by atoms with Crippen molar-refractivity contribution in [3.8, 4) is 0 Å². The number of nitrogens with one attached hydrogen (secondary N) is 1. The summed E-state index contributed by atoms with van der Waals surface area (Å²) in [5.41, 5.74) is 0.575. The number of halogens is 2. The van der Waals surface area contributed by atoms with Crippen molar-refractivity contribution in [3.05, 3.63) is 50.6 Å². The van der Waals surface area contributed by atoms with Crippen molar-refractivity contribution in [1.82, 2.24) is 10.3 Å². The Morgan fingerprint density at radius 3 is 2.84 bits per heavy atom. The minimum atomic E-state index is -0.171. The van der Waals surface area contributed by atoms with Crippen LogP contribution in [-0.2, 0) is 13.0 Å². The third-order valence-electron chi connectivity index (χ3n) is 2.53. The first-order valence-corrected chi connectivity index (χ1v) is 7.35. The smallest absolute Gasteiger partial charge is 0.252 e. The second kappa shape index (κ2) is 6.34. The summed E-state index contributed by atoms with van der Waals surface area (Å²) in [5, 5.41) is 2.77. The Labute approximate surface area is 127 Å². The van der Waals surface area contributed by atoms with Crippen molar-refractivity contribution in [2.45, 2.75) is 19.9 Å². The first-order chi connectivity index (χ1) is 9.10. The van der Waals surface area contributed by atoms with Crippen LogP contribution in [0, 0.1) is 0 Å². The van der Waals surface area contributed by atoms with Gasteiger partial charge in [-0.2, -0.15) is 0 Å². The highest BCUT2D eigenvalue weighted by Crippen LogP contribution is 2.21. The van der Waals surface area contributed by atoms with Crippen molar-refractivity contribution in [3.63, 3.8) is 0 Å². The predicted octanol–water partition coefficient (Wildman–Crippen LogP) is 3.69. The average Bonchev–Trinajstić information content (AvgIpc) is 2.84. The third kappa shape index (κ3) is 3.67. The van der Waals surface area contributed by atoms with E-state index in [1.54, 1.807) is 12.3 Å². The number of benzene rings is 1. The third-order valence-corrected chi connectivity index (χ3v) is 3.68. The van der Waals surface area contributed by atoms with E-state index in [0.29, 0.717) is 11.5 Å². The minimum absolute atomic E-state index is 0.171. The van der Waals surface area contributed by atoms with Gasteiger partial charge < -0.3 is 9.73 Å². The van der Waals surface area contributed by atoms with Gasteiger partial charge in [-0.25, -0.2) is 4.98 Å². The lowest BCUT2D eigenvalue weighted by Gasteiger charge is -2.05. The summed E-state index contributed by atoms with van der Waals surface area (Å²) in [6, 6.07) is 5.39. The number of carbonyl (C=O) groups is 1. The molecule has 0 saturated heterocycles. The van der Waals surface area contributed by atoms with Gasteiger partial charge >= 0.3 is 0 Å². The highest BCUT2D eigenvalue weighted by atomic mass is 79.9. The lowest BCUT2D eigenvalue weighted by molar-refractivity contribution is 0.0946. The van der Waals surface area contributed by atoms with Crippen molar-refractivity contribution < 1.29 is 9.21 Å². The number of hydrogen-bond donors (Lipinski definition) is 1. The van der Waals surface area contributed by atoms with Crippen LogP contribution in [-0.4, -0.2) is 10.9 Å². The van der Waals surface area contributed by atoms with Gasteiger partial charge in [-0.3, -0.25) is 4.79 Å². The molecule has 0 aliphatic heterocycles. The molecule has 0 saturated carbocycles. The van der Waals surface area contributed by atoms with Crippen LogP contribution < -0.4 is 5.32 Å². The summed E-state index contributed by atoms with van der Waals surface area (Å²) in [6.07, 6.45) is 2.47. The van der Waals surface area contributed by atoms with Crippen molar-refractivity contribution in [1.29, 1.82) is 0 Å². The molecule has 0 fully saturated rings. The van der Waals surface area contributed by atoms with Crippen LogP contribution in [0.25, 0.3) is 0 Å². The zero-order chi connectivity index (χ0) is 13.8. The second-order valence-electron chi connectivity index (χ2n) is 3.88. The molecule has 4 nitrogen and oxygen atoms in total. The first-order valence-electron chi connectivity index (χ1n) is 5.77. The Morgan fingerprint density at radius 1 is 1.42 bits per heavy atom. The van der Waals surface area contributed by atoms with E-state index in [1.165, 1.54) is 0 Å². The maximum atomic E-state index is 12.0. The molecular weight excluding hydrogens is 376 g/mol. The van der Waals surface area contributed by atoms with Gasteiger partial charge in [-0.1, -0.05) is 22.9 Å². The molecule has 100 valence electrons. The molecule has 1 heterocycles. The molecule has 0 bridgehead atoms. The van der Waals surface area contributed by atoms with Crippen molar-refractivity contribution in [2.75, 3.05) is 0 Å². The monoisotopic (exact) mass is 386 g/mol. The number of carbonyl (C=O) groups excluding carboxylic acids is 1. The van der Waals surface area contributed by atoms with Gasteiger partial charge in [0, 0.05) is 15.4 Å². The van der Waals surface area contributed by atoms with E-state index >= 15 is 0 Å². The molecule has 1 aromatic heterocycles. The van der Waals surface area contributed by atoms with E-state index in [9.17, 15) is 4.79 Å². The quantitative estimate of drug-likeness (QED) is 0.870. The zero-order valence-electron chi connectivity index (χ0n) is 10.2. The average molecular weight is 388 g/mol. The Bertz CT molecular complexity index is 596. The number of nitrogens with zero attached hydrogens (tertiary/aromatic N) is 1. The largest absolute Gasteiger partial charge is 0.444 e. The molecule has 2 aromatic rings. The molecule has 1 N–H and O–H groups in total. The van der Waals surface area contributed by atoms with Gasteiger partial charge in [0.05, 0.1) is 18.3 Å². The van der Waals surface area contributed by atoms with Gasteiger partial charge in [0.2, 0.25) is 5.89 Å². The normalized spacial score (nSPS) is 10.5. The van der Waals surface area contributed by atoms with E-state index < -0.39 is 0 Å². The summed E-state index contributed by atoms with van der Waals surface area (Å²) < 4.78 is 7.07. The summed E-state index contributed by atoms with van der Waals surface area (Å²) in [5.74, 6) is 1.16. The molecule has 1 amide bonds. The maximum absolute atomic E-state index is 12.0. The Hall–Kier alpha value is -1.14. The zero-order valence-corrected chi connectivity index (χ0v) is 13.4. The van der Waals surface area contributed by atoms with Crippen LogP contribution in [0.4, 0.5) is 0 Å². The number of oxazole rings is 1. The molecule has 0 aliphatic carbocycles. The van der Waals surface area contributed by atoms with Gasteiger partial charge in [-0.15, -0.1) is 0 Å². The fourth-order valence-electron chi connectivity index (χ4n) is 1.52. The van der Waals surface area contributed by atoms with Crippen LogP contribution in [0.2, 0.25) is 0 Å². The van der Waals surface area contributed by atoms with Crippen LogP contribution in [0.15, 0.2) is 37.8 Å². The van der Waals surface area contributed by atoms with E-state index in [-0.39, 0.29) is 12.5 Å². The molecule has 0 radical (unpaired) electrons. The Kier molecular flexibility index (Phi) is 4.76. The molecule has 6 heteroatoms. The summed E-state index contributed by atoms with van der Waals surface area (Å²) in [7, 11) is 0. The lowest BCUT2D eigenvalue weighted by Crippen LogP contribution is -2.23. The van der Waals surface area contributed by atoms with E-state index in [4.69, 9.17) is 4.42 Å². The fraction of sp³-hybridized carbons (Fsp3) is 0.231. The molecule has 1 aromatic carbocycles. The topological polar surface area (TPSA) is 55.1 Å². The molecular formula is C13H12Br2N2O2. The van der Waals surface area contributed by atoms with Gasteiger partial charge in [-0.05, 0) is 34.1 Å². The number of aryl methyl sites for hydroxylation is 1. The predicted molar refractivity (Wildman–Crippen MR) is 78.9 cm³/mol. The SMILES string of the molecule is CCc1cnc(CNC(=O)c2ccc(Br)cc2Br)o1. The van der Waals surface area contributed by atoms with Gasteiger partial charge in [0.1, 0.15) is 5.76 Å². The van der Waals surface area contributed by atoms with Gasteiger partial charge in [0.15, 0.2) is 0 Å². The van der Waals surface area contributed by atoms with Crippen LogP contribution in [0.3, 0.4) is 0 Å². The maximum Gasteiger partial charge on any atom is 0.252 e. The number of aromatic nitrogens is 1. The minimum Gasteiger partial charge on any atom is -0.444 e. The van der Waals surface area contributed by atoms with E-state index in [0.717, 1.165) is 21.1 Å². The van der Waals surface area contributed by atoms with Crippen LogP contribution in [0.1, 0.15) is 28.9 Å². The highest BCUT2D eigenvalue weighted by Gasteiger charge is 2.11. The molecule has 0 unspecified atom stereocenters. The summed E-state index contributed by atoms with van der Waals surface area (Å²) in [4.78, 5) is 16.1. The first kappa shape index (κ1) is 14.3. The molecule has 2 rings (SSSR count). The number of hydrogen-bond acceptors (Lipinski definition) is 3. The molecule has 0 atom stereocenters. The number of rotatable bonds is 4. The van der Waals surface area contributed by atoms with Crippen LogP contribution in [0.5, 0.6) is 0 Å². The second-order valence-corrected chi connectivity index (χ2v) is 5.65. The Balaban J connectivity index is 2.01. The summed E-state index contributed by atoms with van der Waals surface area (Å²) in [6.45, 7) is 2.27. The van der Waals surface area contributed by atoms with Crippen molar-refractivity contribution in [2.24, 2.45) is 0 Å². The van der Waals surface area contributed by atoms with Gasteiger partial charge in [0.25, 0.3) is 5.91 Å². The standard InChI is InChI=1S/C13H12Br2N2O2/c1-2-9-6-16-12(19-9)7-17-13(18)10-4-3-8(14)5-11(10)15/h3-6H,2,7H2,1H3,(H,17,18). The lowest BCUT2D eigenvalue weighted by atomic mass is 10.2. The van der Waals surface area contributed by atoms with Crippen LogP contribution >= 0.6 is 31.9 Å².